The Morgan fingerprint density at radius 3 is 3.04 bits per heavy atom. The Hall–Kier alpha value is -2.60. The molecule has 24 heavy (non-hydrogen) atoms. The number of carbonyl (C=O) groups is 2. The van der Waals surface area contributed by atoms with Crippen molar-refractivity contribution >= 4 is 17.4 Å². The second kappa shape index (κ2) is 7.31. The van der Waals surface area contributed by atoms with Crippen LogP contribution in [0.25, 0.3) is 0 Å². The third kappa shape index (κ3) is 3.49. The van der Waals surface area contributed by atoms with Crippen molar-refractivity contribution in [1.29, 1.82) is 0 Å². The topological polar surface area (TPSA) is 83.2 Å². The zero-order chi connectivity index (χ0) is 16.9. The zero-order valence-electron chi connectivity index (χ0n) is 13.6. The molecule has 0 aliphatic heterocycles. The number of hydrogen-bond donors (Lipinski definition) is 3. The van der Waals surface area contributed by atoms with Gasteiger partial charge in [0.25, 0.3) is 5.91 Å². The molecule has 1 aliphatic rings. The fourth-order valence-corrected chi connectivity index (χ4v) is 2.84. The number of benzene rings is 1. The average molecular weight is 327 g/mol. The Balaban J connectivity index is 1.72. The molecule has 1 aromatic heterocycles. The molecule has 6 nitrogen and oxygen atoms in total. The largest absolute Gasteiger partial charge is 0.492 e. The number of amides is 1. The molecule has 0 atom stereocenters. The van der Waals surface area contributed by atoms with Crippen molar-refractivity contribution in [2.45, 2.75) is 19.3 Å². The lowest BCUT2D eigenvalue weighted by Crippen LogP contribution is -2.18. The number of carbonyl (C=O) groups excluding carboxylic acids is 2. The van der Waals surface area contributed by atoms with Gasteiger partial charge in [-0.1, -0.05) is 6.07 Å². The Kier molecular flexibility index (Phi) is 4.96. The highest BCUT2D eigenvalue weighted by atomic mass is 16.5. The number of aromatic amines is 1. The molecule has 0 saturated carbocycles. The maximum Gasteiger partial charge on any atom is 0.257 e. The van der Waals surface area contributed by atoms with E-state index in [1.54, 1.807) is 18.3 Å². The number of anilines is 1. The minimum atomic E-state index is -0.282. The third-order valence-corrected chi connectivity index (χ3v) is 4.03. The summed E-state index contributed by atoms with van der Waals surface area (Å²) in [6, 6.07) is 7.23. The second-order valence-corrected chi connectivity index (χ2v) is 5.77. The fraction of sp³-hybridized carbons (Fsp3) is 0.333. The van der Waals surface area contributed by atoms with Gasteiger partial charge in [0.1, 0.15) is 12.4 Å². The van der Waals surface area contributed by atoms with Crippen molar-refractivity contribution in [3.8, 4) is 5.75 Å². The number of rotatable bonds is 6. The van der Waals surface area contributed by atoms with Crippen LogP contribution in [-0.2, 0) is 6.42 Å². The van der Waals surface area contributed by atoms with Gasteiger partial charge in [-0.15, -0.1) is 0 Å². The predicted molar refractivity (Wildman–Crippen MR) is 91.9 cm³/mol. The van der Waals surface area contributed by atoms with E-state index in [1.807, 2.05) is 19.2 Å². The molecule has 0 radical (unpaired) electrons. The van der Waals surface area contributed by atoms with Crippen LogP contribution >= 0.6 is 0 Å². The number of hydrogen-bond acceptors (Lipinski definition) is 4. The highest BCUT2D eigenvalue weighted by Crippen LogP contribution is 2.25. The van der Waals surface area contributed by atoms with Crippen LogP contribution in [-0.4, -0.2) is 36.9 Å². The monoisotopic (exact) mass is 327 g/mol. The van der Waals surface area contributed by atoms with Crippen molar-refractivity contribution in [3.63, 3.8) is 0 Å². The molecule has 0 spiro atoms. The van der Waals surface area contributed by atoms with Gasteiger partial charge in [-0.05, 0) is 32.0 Å². The summed E-state index contributed by atoms with van der Waals surface area (Å²) >= 11 is 0. The highest BCUT2D eigenvalue weighted by molar-refractivity contribution is 6.13. The third-order valence-electron chi connectivity index (χ3n) is 4.03. The van der Waals surface area contributed by atoms with Gasteiger partial charge in [0.05, 0.1) is 11.1 Å². The number of H-pyrrole nitrogens is 1. The van der Waals surface area contributed by atoms with E-state index in [9.17, 15) is 9.59 Å². The minimum absolute atomic E-state index is 0.0341. The summed E-state index contributed by atoms with van der Waals surface area (Å²) in [5, 5.41) is 5.85. The average Bonchev–Trinajstić information content (AvgIpc) is 3.01. The van der Waals surface area contributed by atoms with Crippen LogP contribution in [0, 0.1) is 0 Å². The van der Waals surface area contributed by atoms with Crippen molar-refractivity contribution in [2.75, 3.05) is 25.5 Å². The summed E-state index contributed by atoms with van der Waals surface area (Å²) in [6.07, 6.45) is 3.76. The number of Topliss-reactive ketones (excluding diaryl/α,β-unsaturated/α-hetero) is 1. The van der Waals surface area contributed by atoms with Gasteiger partial charge in [-0.2, -0.15) is 0 Å². The molecule has 2 aromatic rings. The van der Waals surface area contributed by atoms with Gasteiger partial charge in [0.15, 0.2) is 5.78 Å². The summed E-state index contributed by atoms with van der Waals surface area (Å²) in [7, 11) is 1.86. The Morgan fingerprint density at radius 1 is 1.33 bits per heavy atom. The molecule has 1 aromatic carbocycles. The summed E-state index contributed by atoms with van der Waals surface area (Å²) in [6.45, 7) is 1.29. The molecule has 6 heteroatoms. The van der Waals surface area contributed by atoms with E-state index < -0.39 is 0 Å². The first-order valence-electron chi connectivity index (χ1n) is 8.11. The van der Waals surface area contributed by atoms with Crippen molar-refractivity contribution < 1.29 is 14.3 Å². The Labute approximate surface area is 140 Å². The molecule has 0 fully saturated rings. The van der Waals surface area contributed by atoms with Gasteiger partial charge >= 0.3 is 0 Å². The maximum absolute atomic E-state index is 12.5. The van der Waals surface area contributed by atoms with Crippen LogP contribution in [0.3, 0.4) is 0 Å². The highest BCUT2D eigenvalue weighted by Gasteiger charge is 2.25. The lowest BCUT2D eigenvalue weighted by Gasteiger charge is -2.12. The summed E-state index contributed by atoms with van der Waals surface area (Å²) in [4.78, 5) is 27.7. The lowest BCUT2D eigenvalue weighted by atomic mass is 9.93. The molecule has 0 bridgehead atoms. The van der Waals surface area contributed by atoms with Crippen molar-refractivity contribution in [3.05, 3.63) is 47.3 Å². The normalized spacial score (nSPS) is 13.5. The predicted octanol–water partition coefficient (Wildman–Crippen LogP) is 2.38. The molecular formula is C18H21N3O3. The van der Waals surface area contributed by atoms with Crippen LogP contribution in [0.15, 0.2) is 30.5 Å². The Morgan fingerprint density at radius 2 is 2.21 bits per heavy atom. The summed E-state index contributed by atoms with van der Waals surface area (Å²) in [5.74, 6) is 0.442. The number of likely N-dealkylation sites (N-methyl/N-ethyl adjacent to an activating group) is 1. The SMILES string of the molecule is CNCCOc1cccc(NC(=O)c2c[nH]c3c2C(=O)CCC3)c1. The Bertz CT molecular complexity index is 752. The van der Waals surface area contributed by atoms with Crippen LogP contribution in [0.5, 0.6) is 5.75 Å². The van der Waals surface area contributed by atoms with E-state index in [-0.39, 0.29) is 11.7 Å². The lowest BCUT2D eigenvalue weighted by molar-refractivity contribution is 0.0956. The fourth-order valence-electron chi connectivity index (χ4n) is 2.84. The van der Waals surface area contributed by atoms with Crippen LogP contribution in [0.1, 0.15) is 39.3 Å². The first-order chi connectivity index (χ1) is 11.7. The summed E-state index contributed by atoms with van der Waals surface area (Å²) in [5.41, 5.74) is 2.46. The standard InChI is InChI=1S/C18H21N3O3/c1-19-8-9-24-13-5-2-4-12(10-13)21-18(23)14-11-20-15-6-3-7-16(22)17(14)15/h2,4-5,10-11,19-20H,3,6-9H2,1H3,(H,21,23). The molecule has 3 rings (SSSR count). The van der Waals surface area contributed by atoms with Gasteiger partial charge < -0.3 is 20.4 Å². The van der Waals surface area contributed by atoms with E-state index in [2.05, 4.69) is 15.6 Å². The molecule has 1 amide bonds. The maximum atomic E-state index is 12.5. The second-order valence-electron chi connectivity index (χ2n) is 5.77. The van der Waals surface area contributed by atoms with Gasteiger partial charge in [-0.3, -0.25) is 9.59 Å². The van der Waals surface area contributed by atoms with Crippen LogP contribution in [0.4, 0.5) is 5.69 Å². The van der Waals surface area contributed by atoms with Crippen LogP contribution < -0.4 is 15.4 Å². The first kappa shape index (κ1) is 16.3. The number of fused-ring (bicyclic) bond motifs is 1. The molecule has 3 N–H and O–H groups in total. The van der Waals surface area contributed by atoms with Gasteiger partial charge in [0, 0.05) is 36.6 Å². The van der Waals surface area contributed by atoms with Crippen molar-refractivity contribution in [1.82, 2.24) is 10.3 Å². The molecule has 0 saturated heterocycles. The van der Waals surface area contributed by atoms with Crippen molar-refractivity contribution in [2.24, 2.45) is 0 Å². The number of ether oxygens (including phenoxy) is 1. The molecule has 1 aliphatic carbocycles. The van der Waals surface area contributed by atoms with Gasteiger partial charge in [-0.25, -0.2) is 0 Å². The first-order valence-corrected chi connectivity index (χ1v) is 8.11. The summed E-state index contributed by atoms with van der Waals surface area (Å²) < 4.78 is 5.59. The van der Waals surface area contributed by atoms with Crippen LogP contribution in [0.2, 0.25) is 0 Å². The molecular weight excluding hydrogens is 306 g/mol. The molecule has 126 valence electrons. The van der Waals surface area contributed by atoms with E-state index in [0.717, 1.165) is 25.1 Å². The number of ketones is 1. The van der Waals surface area contributed by atoms with E-state index in [0.29, 0.717) is 35.6 Å². The van der Waals surface area contributed by atoms with Gasteiger partial charge in [0.2, 0.25) is 0 Å². The van der Waals surface area contributed by atoms with E-state index >= 15 is 0 Å². The minimum Gasteiger partial charge on any atom is -0.492 e. The van der Waals surface area contributed by atoms with E-state index in [4.69, 9.17) is 4.74 Å². The zero-order valence-corrected chi connectivity index (χ0v) is 13.6. The number of aryl methyl sites for hydroxylation is 1. The van der Waals surface area contributed by atoms with E-state index in [1.165, 1.54) is 0 Å². The number of aromatic nitrogens is 1. The quantitative estimate of drug-likeness (QED) is 0.711. The molecule has 1 heterocycles. The molecule has 0 unspecified atom stereocenters. The number of nitrogens with one attached hydrogen (secondary N) is 3. The smallest absolute Gasteiger partial charge is 0.257 e.